The Bertz CT molecular complexity index is 347. The van der Waals surface area contributed by atoms with Crippen LogP contribution in [0, 0.1) is 0 Å². The number of carboxylic acids is 1. The number of hydrogen-bond donors (Lipinski definition) is 1. The fourth-order valence-electron chi connectivity index (χ4n) is 1.10. The second-order valence-electron chi connectivity index (χ2n) is 2.91. The Kier molecular flexibility index (Phi) is 3.68. The highest BCUT2D eigenvalue weighted by atomic mass is 16.4. The van der Waals surface area contributed by atoms with Gasteiger partial charge in [-0.05, 0) is 23.6 Å². The zero-order chi connectivity index (χ0) is 10.4. The Morgan fingerprint density at radius 1 is 1.36 bits per heavy atom. The largest absolute Gasteiger partial charge is 0.478 e. The molecule has 0 aliphatic carbocycles. The van der Waals surface area contributed by atoms with E-state index in [2.05, 4.69) is 6.58 Å². The van der Waals surface area contributed by atoms with E-state index in [4.69, 9.17) is 5.11 Å². The topological polar surface area (TPSA) is 37.3 Å². The van der Waals surface area contributed by atoms with Crippen LogP contribution in [0.2, 0.25) is 0 Å². The van der Waals surface area contributed by atoms with Gasteiger partial charge in [0.25, 0.3) is 0 Å². The van der Waals surface area contributed by atoms with E-state index < -0.39 is 5.97 Å². The van der Waals surface area contributed by atoms with Gasteiger partial charge in [-0.15, -0.1) is 6.58 Å². The minimum Gasteiger partial charge on any atom is -0.478 e. The smallest absolute Gasteiger partial charge is 0.328 e. The van der Waals surface area contributed by atoms with Crippen molar-refractivity contribution in [3.05, 3.63) is 54.1 Å². The van der Waals surface area contributed by atoms with Gasteiger partial charge in [0.2, 0.25) is 0 Å². The molecule has 2 nitrogen and oxygen atoms in total. The molecular formula is C12H12O2. The van der Waals surface area contributed by atoms with Gasteiger partial charge in [0, 0.05) is 6.08 Å². The van der Waals surface area contributed by atoms with Crippen LogP contribution in [0.5, 0.6) is 0 Å². The van der Waals surface area contributed by atoms with Crippen molar-refractivity contribution in [3.63, 3.8) is 0 Å². The zero-order valence-corrected chi connectivity index (χ0v) is 7.81. The van der Waals surface area contributed by atoms with Crippen molar-refractivity contribution in [2.24, 2.45) is 0 Å². The van der Waals surface area contributed by atoms with Crippen LogP contribution in [-0.2, 0) is 11.2 Å². The summed E-state index contributed by atoms with van der Waals surface area (Å²) in [6.45, 7) is 3.65. The van der Waals surface area contributed by atoms with Crippen molar-refractivity contribution in [1.29, 1.82) is 0 Å². The molecular weight excluding hydrogens is 176 g/mol. The van der Waals surface area contributed by atoms with Gasteiger partial charge in [0.1, 0.15) is 0 Å². The molecule has 0 heterocycles. The first-order chi connectivity index (χ1) is 6.72. The fraction of sp³-hybridized carbons (Fsp3) is 0.0833. The van der Waals surface area contributed by atoms with E-state index in [1.54, 1.807) is 6.08 Å². The van der Waals surface area contributed by atoms with Gasteiger partial charge in [-0.25, -0.2) is 4.79 Å². The summed E-state index contributed by atoms with van der Waals surface area (Å²) in [5.41, 5.74) is 2.06. The van der Waals surface area contributed by atoms with Gasteiger partial charge in [0.15, 0.2) is 0 Å². The molecule has 1 N–H and O–H groups in total. The maximum absolute atomic E-state index is 10.2. The van der Waals surface area contributed by atoms with E-state index in [-0.39, 0.29) is 0 Å². The lowest BCUT2D eigenvalue weighted by Gasteiger charge is -1.96. The van der Waals surface area contributed by atoms with Gasteiger partial charge in [-0.2, -0.15) is 0 Å². The molecule has 1 aromatic carbocycles. The van der Waals surface area contributed by atoms with Gasteiger partial charge in [0.05, 0.1) is 0 Å². The van der Waals surface area contributed by atoms with E-state index in [0.29, 0.717) is 0 Å². The van der Waals surface area contributed by atoms with Gasteiger partial charge in [-0.1, -0.05) is 30.3 Å². The van der Waals surface area contributed by atoms with E-state index in [0.717, 1.165) is 18.1 Å². The number of rotatable bonds is 4. The molecule has 0 amide bonds. The van der Waals surface area contributed by atoms with Crippen molar-refractivity contribution >= 4 is 12.0 Å². The van der Waals surface area contributed by atoms with Crippen LogP contribution >= 0.6 is 0 Å². The van der Waals surface area contributed by atoms with Crippen LogP contribution in [0.3, 0.4) is 0 Å². The molecule has 0 aromatic heterocycles. The maximum atomic E-state index is 10.2. The van der Waals surface area contributed by atoms with Crippen molar-refractivity contribution in [1.82, 2.24) is 0 Å². The quantitative estimate of drug-likeness (QED) is 0.582. The van der Waals surface area contributed by atoms with Crippen molar-refractivity contribution in [2.45, 2.75) is 6.42 Å². The summed E-state index contributed by atoms with van der Waals surface area (Å²) in [7, 11) is 0. The van der Waals surface area contributed by atoms with Crippen LogP contribution < -0.4 is 0 Å². The molecule has 0 radical (unpaired) electrons. The number of hydrogen-bond acceptors (Lipinski definition) is 1. The summed E-state index contributed by atoms with van der Waals surface area (Å²) in [5.74, 6) is -0.930. The van der Waals surface area contributed by atoms with E-state index in [1.807, 2.05) is 30.3 Å². The maximum Gasteiger partial charge on any atom is 0.328 e. The molecule has 0 saturated carbocycles. The number of aliphatic carboxylic acids is 1. The van der Waals surface area contributed by atoms with Crippen LogP contribution in [0.25, 0.3) is 6.08 Å². The third kappa shape index (κ3) is 3.27. The third-order valence-electron chi connectivity index (χ3n) is 1.78. The first-order valence-corrected chi connectivity index (χ1v) is 4.33. The van der Waals surface area contributed by atoms with Gasteiger partial charge >= 0.3 is 5.97 Å². The monoisotopic (exact) mass is 188 g/mol. The van der Waals surface area contributed by atoms with Crippen LogP contribution in [-0.4, -0.2) is 11.1 Å². The Balaban J connectivity index is 2.73. The molecule has 14 heavy (non-hydrogen) atoms. The minimum atomic E-state index is -0.930. The lowest BCUT2D eigenvalue weighted by Crippen LogP contribution is -1.86. The summed E-state index contributed by atoms with van der Waals surface area (Å²) in [4.78, 5) is 10.2. The number of allylic oxidation sites excluding steroid dienone is 1. The predicted molar refractivity (Wildman–Crippen MR) is 57.0 cm³/mol. The molecule has 0 saturated heterocycles. The molecule has 0 atom stereocenters. The third-order valence-corrected chi connectivity index (χ3v) is 1.78. The lowest BCUT2D eigenvalue weighted by atomic mass is 10.1. The Hall–Kier alpha value is -1.83. The zero-order valence-electron chi connectivity index (χ0n) is 7.81. The summed E-state index contributed by atoms with van der Waals surface area (Å²) in [5, 5.41) is 8.41. The summed E-state index contributed by atoms with van der Waals surface area (Å²) in [6, 6.07) is 7.70. The Morgan fingerprint density at radius 3 is 2.50 bits per heavy atom. The van der Waals surface area contributed by atoms with Crippen molar-refractivity contribution in [3.8, 4) is 0 Å². The van der Waals surface area contributed by atoms with Gasteiger partial charge < -0.3 is 5.11 Å². The SMILES string of the molecule is C=CCc1ccc(C=CC(=O)O)cc1. The molecule has 0 spiro atoms. The first kappa shape index (κ1) is 10.3. The average Bonchev–Trinajstić information content (AvgIpc) is 2.17. The van der Waals surface area contributed by atoms with Crippen LogP contribution in [0.4, 0.5) is 0 Å². The van der Waals surface area contributed by atoms with E-state index in [9.17, 15) is 4.79 Å². The van der Waals surface area contributed by atoms with E-state index in [1.165, 1.54) is 5.56 Å². The highest BCUT2D eigenvalue weighted by molar-refractivity contribution is 5.85. The van der Waals surface area contributed by atoms with Crippen LogP contribution in [0.15, 0.2) is 43.0 Å². The molecule has 0 bridgehead atoms. The van der Waals surface area contributed by atoms with Crippen molar-refractivity contribution < 1.29 is 9.90 Å². The first-order valence-electron chi connectivity index (χ1n) is 4.33. The molecule has 2 heteroatoms. The fourth-order valence-corrected chi connectivity index (χ4v) is 1.10. The highest BCUT2D eigenvalue weighted by Gasteiger charge is 1.91. The standard InChI is InChI=1S/C12H12O2/c1-2-3-10-4-6-11(7-5-10)8-9-12(13)14/h2,4-9H,1,3H2,(H,13,14). The minimum absolute atomic E-state index is 0.836. The lowest BCUT2D eigenvalue weighted by molar-refractivity contribution is -0.131. The molecule has 1 aromatic rings. The summed E-state index contributed by atoms with van der Waals surface area (Å²) < 4.78 is 0. The molecule has 0 aliphatic rings. The Labute approximate surface area is 83.2 Å². The normalized spacial score (nSPS) is 10.3. The average molecular weight is 188 g/mol. The van der Waals surface area contributed by atoms with E-state index >= 15 is 0 Å². The second kappa shape index (κ2) is 5.02. The highest BCUT2D eigenvalue weighted by Crippen LogP contribution is 2.06. The molecule has 1 rings (SSSR count). The number of benzene rings is 1. The summed E-state index contributed by atoms with van der Waals surface area (Å²) >= 11 is 0. The molecule has 0 aliphatic heterocycles. The van der Waals surface area contributed by atoms with Gasteiger partial charge in [-0.3, -0.25) is 0 Å². The molecule has 0 fully saturated rings. The molecule has 0 unspecified atom stereocenters. The summed E-state index contributed by atoms with van der Waals surface area (Å²) in [6.07, 6.45) is 5.37. The Morgan fingerprint density at radius 2 is 2.00 bits per heavy atom. The second-order valence-corrected chi connectivity index (χ2v) is 2.91. The molecule has 72 valence electrons. The van der Waals surface area contributed by atoms with Crippen LogP contribution in [0.1, 0.15) is 11.1 Å². The number of carboxylic acid groups (broad SMARTS) is 1. The number of carbonyl (C=O) groups is 1. The van der Waals surface area contributed by atoms with Crippen molar-refractivity contribution in [2.75, 3.05) is 0 Å². The predicted octanol–water partition coefficient (Wildman–Crippen LogP) is 2.51.